The van der Waals surface area contributed by atoms with Gasteiger partial charge in [-0.2, -0.15) is 0 Å². The fourth-order valence-electron chi connectivity index (χ4n) is 2.77. The SMILES string of the molecule is Cc1cc(C(=O)N2CCCCCC2)ccc1-n1cnnn1. The molecule has 2 heterocycles. The first kappa shape index (κ1) is 13.7. The molecule has 1 aromatic carbocycles. The van der Waals surface area contributed by atoms with Gasteiger partial charge in [-0.15, -0.1) is 5.10 Å². The normalized spacial score (nSPS) is 15.8. The van der Waals surface area contributed by atoms with Crippen LogP contribution in [0, 0.1) is 6.92 Å². The van der Waals surface area contributed by atoms with E-state index in [4.69, 9.17) is 0 Å². The standard InChI is InChI=1S/C15H19N5O/c1-12-10-13(6-7-14(12)20-11-16-17-18-20)15(21)19-8-4-2-3-5-9-19/h6-7,10-11H,2-5,8-9H2,1H3. The third-order valence-corrected chi connectivity index (χ3v) is 3.93. The Hall–Kier alpha value is -2.24. The quantitative estimate of drug-likeness (QED) is 0.846. The first-order valence-corrected chi connectivity index (χ1v) is 7.39. The minimum Gasteiger partial charge on any atom is -0.339 e. The molecule has 1 aromatic heterocycles. The summed E-state index contributed by atoms with van der Waals surface area (Å²) in [6.45, 7) is 3.70. The number of nitrogens with zero attached hydrogens (tertiary/aromatic N) is 5. The van der Waals surface area contributed by atoms with Crippen LogP contribution in [0.1, 0.15) is 41.6 Å². The minimum absolute atomic E-state index is 0.128. The third kappa shape index (κ3) is 2.94. The largest absolute Gasteiger partial charge is 0.339 e. The number of hydrogen-bond acceptors (Lipinski definition) is 4. The molecule has 1 aliphatic heterocycles. The van der Waals surface area contributed by atoms with Gasteiger partial charge in [-0.1, -0.05) is 12.8 Å². The smallest absolute Gasteiger partial charge is 0.253 e. The molecular weight excluding hydrogens is 266 g/mol. The maximum atomic E-state index is 12.6. The highest BCUT2D eigenvalue weighted by Crippen LogP contribution is 2.18. The highest BCUT2D eigenvalue weighted by Gasteiger charge is 2.18. The molecule has 110 valence electrons. The van der Waals surface area contributed by atoms with Crippen molar-refractivity contribution in [3.63, 3.8) is 0 Å². The summed E-state index contributed by atoms with van der Waals surface area (Å²) in [5, 5.41) is 11.2. The van der Waals surface area contributed by atoms with Crippen molar-refractivity contribution in [2.45, 2.75) is 32.6 Å². The predicted octanol–water partition coefficient (Wildman–Crippen LogP) is 1.99. The van der Waals surface area contributed by atoms with Gasteiger partial charge in [0.15, 0.2) is 0 Å². The highest BCUT2D eigenvalue weighted by molar-refractivity contribution is 5.94. The van der Waals surface area contributed by atoms with Crippen LogP contribution in [0.5, 0.6) is 0 Å². The number of benzene rings is 1. The van der Waals surface area contributed by atoms with Crippen LogP contribution in [-0.4, -0.2) is 44.1 Å². The van der Waals surface area contributed by atoms with Crippen molar-refractivity contribution in [3.8, 4) is 5.69 Å². The van der Waals surface area contributed by atoms with Crippen LogP contribution >= 0.6 is 0 Å². The lowest BCUT2D eigenvalue weighted by molar-refractivity contribution is 0.0761. The van der Waals surface area contributed by atoms with E-state index in [0.29, 0.717) is 0 Å². The summed E-state index contributed by atoms with van der Waals surface area (Å²) in [4.78, 5) is 14.6. The van der Waals surface area contributed by atoms with E-state index in [1.165, 1.54) is 12.8 Å². The van der Waals surface area contributed by atoms with Crippen molar-refractivity contribution in [1.29, 1.82) is 0 Å². The number of carbonyl (C=O) groups is 1. The van der Waals surface area contributed by atoms with E-state index < -0.39 is 0 Å². The number of aromatic nitrogens is 4. The van der Waals surface area contributed by atoms with Crippen LogP contribution in [0.2, 0.25) is 0 Å². The summed E-state index contributed by atoms with van der Waals surface area (Å²) in [5.41, 5.74) is 2.63. The van der Waals surface area contributed by atoms with E-state index >= 15 is 0 Å². The Morgan fingerprint density at radius 3 is 2.52 bits per heavy atom. The van der Waals surface area contributed by atoms with Crippen LogP contribution in [0.4, 0.5) is 0 Å². The van der Waals surface area contributed by atoms with Gasteiger partial charge >= 0.3 is 0 Å². The monoisotopic (exact) mass is 285 g/mol. The number of rotatable bonds is 2. The van der Waals surface area contributed by atoms with Crippen LogP contribution in [0.3, 0.4) is 0 Å². The Morgan fingerprint density at radius 2 is 1.90 bits per heavy atom. The maximum absolute atomic E-state index is 12.6. The van der Waals surface area contributed by atoms with Crippen molar-refractivity contribution in [2.75, 3.05) is 13.1 Å². The average molecular weight is 285 g/mol. The lowest BCUT2D eigenvalue weighted by Gasteiger charge is -2.20. The van der Waals surface area contributed by atoms with Crippen molar-refractivity contribution < 1.29 is 4.79 Å². The second-order valence-electron chi connectivity index (χ2n) is 5.46. The van der Waals surface area contributed by atoms with Gasteiger partial charge in [0.2, 0.25) is 0 Å². The summed E-state index contributed by atoms with van der Waals surface area (Å²) in [6, 6.07) is 5.68. The van der Waals surface area contributed by atoms with E-state index in [1.54, 1.807) is 11.0 Å². The van der Waals surface area contributed by atoms with E-state index in [9.17, 15) is 4.79 Å². The molecule has 6 nitrogen and oxygen atoms in total. The predicted molar refractivity (Wildman–Crippen MR) is 78.3 cm³/mol. The Labute approximate surface area is 123 Å². The summed E-state index contributed by atoms with van der Waals surface area (Å²) < 4.78 is 1.61. The zero-order valence-electron chi connectivity index (χ0n) is 12.2. The molecule has 0 atom stereocenters. The Kier molecular flexibility index (Phi) is 3.94. The number of aryl methyl sites for hydroxylation is 1. The molecule has 1 fully saturated rings. The summed E-state index contributed by atoms with van der Waals surface area (Å²) in [7, 11) is 0. The van der Waals surface area contributed by atoms with Gasteiger partial charge in [-0.3, -0.25) is 4.79 Å². The molecule has 21 heavy (non-hydrogen) atoms. The molecule has 6 heteroatoms. The first-order valence-electron chi connectivity index (χ1n) is 7.39. The molecular formula is C15H19N5O. The van der Waals surface area contributed by atoms with Crippen LogP contribution in [0.15, 0.2) is 24.5 Å². The molecule has 0 saturated carbocycles. The summed E-state index contributed by atoms with van der Waals surface area (Å²) >= 11 is 0. The average Bonchev–Trinajstić information content (AvgIpc) is 2.88. The van der Waals surface area contributed by atoms with Crippen LogP contribution in [-0.2, 0) is 0 Å². The minimum atomic E-state index is 0.128. The second kappa shape index (κ2) is 6.03. The van der Waals surface area contributed by atoms with Crippen molar-refractivity contribution >= 4 is 5.91 Å². The lowest BCUT2D eigenvalue weighted by Crippen LogP contribution is -2.31. The number of likely N-dealkylation sites (tertiary alicyclic amines) is 1. The van der Waals surface area contributed by atoms with Crippen molar-refractivity contribution in [1.82, 2.24) is 25.1 Å². The Morgan fingerprint density at radius 1 is 1.14 bits per heavy atom. The molecule has 1 saturated heterocycles. The van der Waals surface area contributed by atoms with Gasteiger partial charge in [0.1, 0.15) is 6.33 Å². The zero-order valence-corrected chi connectivity index (χ0v) is 12.2. The number of amides is 1. The second-order valence-corrected chi connectivity index (χ2v) is 5.46. The van der Waals surface area contributed by atoms with Gasteiger partial charge in [0, 0.05) is 18.7 Å². The molecule has 3 rings (SSSR count). The van der Waals surface area contributed by atoms with E-state index in [1.807, 2.05) is 30.0 Å². The first-order chi connectivity index (χ1) is 10.3. The molecule has 0 spiro atoms. The number of tetrazole rings is 1. The maximum Gasteiger partial charge on any atom is 0.253 e. The fraction of sp³-hybridized carbons (Fsp3) is 0.467. The van der Waals surface area contributed by atoms with Crippen LogP contribution in [0.25, 0.3) is 5.69 Å². The van der Waals surface area contributed by atoms with E-state index in [-0.39, 0.29) is 5.91 Å². The fourth-order valence-corrected chi connectivity index (χ4v) is 2.77. The Bertz CT molecular complexity index is 615. The third-order valence-electron chi connectivity index (χ3n) is 3.93. The van der Waals surface area contributed by atoms with Gasteiger partial charge in [0.05, 0.1) is 5.69 Å². The lowest BCUT2D eigenvalue weighted by atomic mass is 10.1. The van der Waals surface area contributed by atoms with Crippen molar-refractivity contribution in [3.05, 3.63) is 35.7 Å². The van der Waals surface area contributed by atoms with Gasteiger partial charge in [0.25, 0.3) is 5.91 Å². The topological polar surface area (TPSA) is 63.9 Å². The molecule has 0 N–H and O–H groups in total. The van der Waals surface area contributed by atoms with E-state index in [0.717, 1.165) is 42.7 Å². The number of hydrogen-bond donors (Lipinski definition) is 0. The molecule has 0 radical (unpaired) electrons. The van der Waals surface area contributed by atoms with Crippen molar-refractivity contribution in [2.24, 2.45) is 0 Å². The zero-order chi connectivity index (χ0) is 14.7. The molecule has 1 aliphatic rings. The molecule has 1 amide bonds. The molecule has 0 aliphatic carbocycles. The molecule has 0 bridgehead atoms. The summed E-state index contributed by atoms with van der Waals surface area (Å²) in [5.74, 6) is 0.128. The van der Waals surface area contributed by atoms with Crippen LogP contribution < -0.4 is 0 Å². The van der Waals surface area contributed by atoms with Gasteiger partial charge in [-0.05, 0) is 54.0 Å². The summed E-state index contributed by atoms with van der Waals surface area (Å²) in [6.07, 6.45) is 6.21. The molecule has 0 unspecified atom stereocenters. The highest BCUT2D eigenvalue weighted by atomic mass is 16.2. The number of carbonyl (C=O) groups excluding carboxylic acids is 1. The molecule has 2 aromatic rings. The van der Waals surface area contributed by atoms with Gasteiger partial charge < -0.3 is 4.90 Å². The van der Waals surface area contributed by atoms with Gasteiger partial charge in [-0.25, -0.2) is 4.68 Å². The van der Waals surface area contributed by atoms with E-state index in [2.05, 4.69) is 15.5 Å². The Balaban J connectivity index is 1.82.